The van der Waals surface area contributed by atoms with E-state index in [0.717, 1.165) is 0 Å². The lowest BCUT2D eigenvalue weighted by atomic mass is 9.97. The zero-order valence-electron chi connectivity index (χ0n) is 8.91. The van der Waals surface area contributed by atoms with Crippen molar-refractivity contribution in [2.45, 2.75) is 44.0 Å². The molecule has 1 amide bonds. The average Bonchev–Trinajstić information content (AvgIpc) is 2.28. The number of hydrogen-bond donors (Lipinski definition) is 5. The topological polar surface area (TPSA) is 119 Å². The van der Waals surface area contributed by atoms with Crippen LogP contribution in [0.5, 0.6) is 0 Å². The summed E-state index contributed by atoms with van der Waals surface area (Å²) in [6.07, 6.45) is -5.05. The molecule has 0 aromatic heterocycles. The van der Waals surface area contributed by atoms with Gasteiger partial charge in [-0.1, -0.05) is 6.92 Å². The van der Waals surface area contributed by atoms with E-state index in [9.17, 15) is 20.1 Å². The van der Waals surface area contributed by atoms with E-state index >= 15 is 0 Å². The zero-order valence-corrected chi connectivity index (χ0v) is 8.91. The molecule has 5 N–H and O–H groups in total. The number of carbonyl (C=O) groups is 1. The van der Waals surface area contributed by atoms with Crippen LogP contribution in [0.1, 0.15) is 13.3 Å². The molecule has 0 aliphatic carbocycles. The molecule has 0 saturated carbocycles. The summed E-state index contributed by atoms with van der Waals surface area (Å²) in [5.74, 6) is -0.374. The third kappa shape index (κ3) is 2.69. The summed E-state index contributed by atoms with van der Waals surface area (Å²) >= 11 is 0. The number of rotatable bonds is 3. The Morgan fingerprint density at radius 1 is 1.31 bits per heavy atom. The SMILES string of the molecule is CCC(=O)NC1C(O)OC(CO)C(O)C1O. The highest BCUT2D eigenvalue weighted by Crippen LogP contribution is 2.19. The molecule has 1 aliphatic rings. The number of aliphatic hydroxyl groups excluding tert-OH is 4. The molecular formula is C9H17NO6. The summed E-state index contributed by atoms with van der Waals surface area (Å²) in [6, 6.07) is -1.09. The summed E-state index contributed by atoms with van der Waals surface area (Å²) in [6.45, 7) is 1.09. The number of carbonyl (C=O) groups excluding carboxylic acids is 1. The predicted octanol–water partition coefficient (Wildman–Crippen LogP) is -2.69. The highest BCUT2D eigenvalue weighted by molar-refractivity contribution is 5.76. The molecule has 1 saturated heterocycles. The second-order valence-electron chi connectivity index (χ2n) is 3.68. The minimum Gasteiger partial charge on any atom is -0.394 e. The van der Waals surface area contributed by atoms with Gasteiger partial charge in [0, 0.05) is 6.42 Å². The van der Waals surface area contributed by atoms with Gasteiger partial charge >= 0.3 is 0 Å². The largest absolute Gasteiger partial charge is 0.394 e. The first-order valence-corrected chi connectivity index (χ1v) is 5.11. The Kier molecular flexibility index (Phi) is 4.63. The van der Waals surface area contributed by atoms with Gasteiger partial charge in [-0.3, -0.25) is 4.79 Å². The van der Waals surface area contributed by atoms with Crippen molar-refractivity contribution in [2.75, 3.05) is 6.61 Å². The summed E-state index contributed by atoms with van der Waals surface area (Å²) in [5.41, 5.74) is 0. The maximum atomic E-state index is 11.1. The van der Waals surface area contributed by atoms with Crippen molar-refractivity contribution in [2.24, 2.45) is 0 Å². The van der Waals surface area contributed by atoms with Crippen molar-refractivity contribution in [3.8, 4) is 0 Å². The average molecular weight is 235 g/mol. The van der Waals surface area contributed by atoms with Crippen molar-refractivity contribution in [3.05, 3.63) is 0 Å². The minimum atomic E-state index is -1.45. The molecule has 1 rings (SSSR count). The fourth-order valence-corrected chi connectivity index (χ4v) is 1.54. The Morgan fingerprint density at radius 3 is 2.44 bits per heavy atom. The van der Waals surface area contributed by atoms with Crippen molar-refractivity contribution in [3.63, 3.8) is 0 Å². The Hall–Kier alpha value is -0.730. The van der Waals surface area contributed by atoms with Gasteiger partial charge in [-0.2, -0.15) is 0 Å². The first-order valence-electron chi connectivity index (χ1n) is 5.11. The van der Waals surface area contributed by atoms with Crippen molar-refractivity contribution in [1.82, 2.24) is 5.32 Å². The summed E-state index contributed by atoms with van der Waals surface area (Å²) < 4.78 is 4.86. The summed E-state index contributed by atoms with van der Waals surface area (Å²) in [5, 5.41) is 39.8. The van der Waals surface area contributed by atoms with Crippen LogP contribution in [0.15, 0.2) is 0 Å². The van der Waals surface area contributed by atoms with Gasteiger partial charge in [0.05, 0.1) is 6.61 Å². The summed E-state index contributed by atoms with van der Waals surface area (Å²) in [7, 11) is 0. The zero-order chi connectivity index (χ0) is 12.3. The second-order valence-corrected chi connectivity index (χ2v) is 3.68. The van der Waals surface area contributed by atoms with Crippen LogP contribution in [-0.2, 0) is 9.53 Å². The molecule has 1 heterocycles. The van der Waals surface area contributed by atoms with E-state index in [4.69, 9.17) is 9.84 Å². The molecule has 0 aromatic carbocycles. The smallest absolute Gasteiger partial charge is 0.220 e. The van der Waals surface area contributed by atoms with Crippen LogP contribution in [0.4, 0.5) is 0 Å². The molecule has 0 radical (unpaired) electrons. The molecule has 7 heteroatoms. The second kappa shape index (κ2) is 5.55. The van der Waals surface area contributed by atoms with E-state index in [-0.39, 0.29) is 12.3 Å². The van der Waals surface area contributed by atoms with E-state index in [1.165, 1.54) is 0 Å². The molecule has 16 heavy (non-hydrogen) atoms. The predicted molar refractivity (Wildman–Crippen MR) is 52.2 cm³/mol. The van der Waals surface area contributed by atoms with Gasteiger partial charge in [0.1, 0.15) is 24.4 Å². The highest BCUT2D eigenvalue weighted by atomic mass is 16.6. The molecule has 5 unspecified atom stereocenters. The van der Waals surface area contributed by atoms with Crippen LogP contribution in [0.2, 0.25) is 0 Å². The lowest BCUT2D eigenvalue weighted by Crippen LogP contribution is -2.64. The van der Waals surface area contributed by atoms with Gasteiger partial charge in [0.25, 0.3) is 0 Å². The molecule has 1 fully saturated rings. The number of nitrogens with one attached hydrogen (secondary N) is 1. The Balaban J connectivity index is 2.67. The van der Waals surface area contributed by atoms with E-state index in [1.54, 1.807) is 6.92 Å². The molecular weight excluding hydrogens is 218 g/mol. The van der Waals surface area contributed by atoms with Gasteiger partial charge in [0.15, 0.2) is 6.29 Å². The fourth-order valence-electron chi connectivity index (χ4n) is 1.54. The number of amides is 1. The first-order chi connectivity index (χ1) is 7.51. The quantitative estimate of drug-likeness (QED) is 0.363. The molecule has 0 spiro atoms. The van der Waals surface area contributed by atoms with Crippen LogP contribution in [0.25, 0.3) is 0 Å². The normalized spacial score (nSPS) is 39.4. The van der Waals surface area contributed by atoms with Gasteiger partial charge in [0.2, 0.25) is 5.91 Å². The van der Waals surface area contributed by atoms with E-state index in [2.05, 4.69) is 5.32 Å². The summed E-state index contributed by atoms with van der Waals surface area (Å²) in [4.78, 5) is 11.1. The lowest BCUT2D eigenvalue weighted by molar-refractivity contribution is -0.253. The number of hydrogen-bond acceptors (Lipinski definition) is 6. The molecule has 0 bridgehead atoms. The molecule has 1 aliphatic heterocycles. The third-order valence-electron chi connectivity index (χ3n) is 2.55. The fraction of sp³-hybridized carbons (Fsp3) is 0.889. The van der Waals surface area contributed by atoms with Crippen molar-refractivity contribution in [1.29, 1.82) is 0 Å². The van der Waals surface area contributed by atoms with Crippen molar-refractivity contribution < 1.29 is 30.0 Å². The van der Waals surface area contributed by atoms with Crippen molar-refractivity contribution >= 4 is 5.91 Å². The molecule has 7 nitrogen and oxygen atoms in total. The van der Waals surface area contributed by atoms with E-state index in [0.29, 0.717) is 0 Å². The third-order valence-corrected chi connectivity index (χ3v) is 2.55. The number of aliphatic hydroxyl groups is 4. The maximum Gasteiger partial charge on any atom is 0.220 e. The van der Waals surface area contributed by atoms with Crippen LogP contribution in [0, 0.1) is 0 Å². The molecule has 94 valence electrons. The highest BCUT2D eigenvalue weighted by Gasteiger charge is 2.44. The van der Waals surface area contributed by atoms with Crippen LogP contribution < -0.4 is 5.32 Å². The Bertz CT molecular complexity index is 248. The van der Waals surface area contributed by atoms with Gasteiger partial charge in [-0.05, 0) is 0 Å². The standard InChI is InChI=1S/C9H17NO6/c1-2-5(12)10-6-8(14)7(13)4(3-11)16-9(6)15/h4,6-9,11,13-15H,2-3H2,1H3,(H,10,12). The maximum absolute atomic E-state index is 11.1. The van der Waals surface area contributed by atoms with E-state index < -0.39 is 37.3 Å². The van der Waals surface area contributed by atoms with Crippen LogP contribution in [-0.4, -0.2) is 63.6 Å². The van der Waals surface area contributed by atoms with Gasteiger partial charge in [-0.25, -0.2) is 0 Å². The monoisotopic (exact) mass is 235 g/mol. The molecule has 5 atom stereocenters. The van der Waals surface area contributed by atoms with Crippen LogP contribution in [0.3, 0.4) is 0 Å². The van der Waals surface area contributed by atoms with E-state index in [1.807, 2.05) is 0 Å². The van der Waals surface area contributed by atoms with Crippen LogP contribution >= 0.6 is 0 Å². The Morgan fingerprint density at radius 2 is 1.94 bits per heavy atom. The van der Waals surface area contributed by atoms with Gasteiger partial charge < -0.3 is 30.5 Å². The Labute approximate surface area is 92.7 Å². The number of ether oxygens (including phenoxy) is 1. The van der Waals surface area contributed by atoms with Gasteiger partial charge in [-0.15, -0.1) is 0 Å². The molecule has 0 aromatic rings. The lowest BCUT2D eigenvalue weighted by Gasteiger charge is -2.40. The minimum absolute atomic E-state index is 0.190. The first kappa shape index (κ1) is 13.3.